The van der Waals surface area contributed by atoms with Gasteiger partial charge in [-0.15, -0.1) is 0 Å². The minimum Gasteiger partial charge on any atom is -0.469 e. The molecule has 1 aromatic rings. The van der Waals surface area contributed by atoms with E-state index in [1.165, 1.54) is 7.11 Å². The number of hydrogen-bond donors (Lipinski definition) is 2. The van der Waals surface area contributed by atoms with Crippen molar-refractivity contribution in [2.24, 2.45) is 0 Å². The lowest BCUT2D eigenvalue weighted by molar-refractivity contribution is -0.146. The summed E-state index contributed by atoms with van der Waals surface area (Å²) in [4.78, 5) is 37.2. The Balaban J connectivity index is 1.89. The molecule has 23 heavy (non-hydrogen) atoms. The fourth-order valence-corrected chi connectivity index (χ4v) is 2.45. The lowest BCUT2D eigenvalue weighted by Crippen LogP contribution is -2.57. The standard InChI is InChI=1S/C16H21N3O4/c1-23-15(21)9-13-16(22)17-7-8-19(13)11-14(20)18-10-12-5-3-2-4-6-12/h2-6,13H,7-11H2,1H3,(H,17,22)(H,18,20)/t13-/m0/s1. The second-order valence-corrected chi connectivity index (χ2v) is 5.32. The number of piperazine rings is 1. The van der Waals surface area contributed by atoms with Gasteiger partial charge in [-0.2, -0.15) is 0 Å². The molecule has 0 bridgehead atoms. The van der Waals surface area contributed by atoms with Gasteiger partial charge in [-0.3, -0.25) is 19.3 Å². The first-order chi connectivity index (χ1) is 11.1. The van der Waals surface area contributed by atoms with Crippen molar-refractivity contribution >= 4 is 17.8 Å². The number of benzene rings is 1. The number of nitrogens with zero attached hydrogens (tertiary/aromatic N) is 1. The largest absolute Gasteiger partial charge is 0.469 e. The van der Waals surface area contributed by atoms with Crippen LogP contribution < -0.4 is 10.6 Å². The number of amides is 2. The molecule has 1 fully saturated rings. The highest BCUT2D eigenvalue weighted by Crippen LogP contribution is 2.09. The highest BCUT2D eigenvalue weighted by atomic mass is 16.5. The summed E-state index contributed by atoms with van der Waals surface area (Å²) in [7, 11) is 1.28. The maximum Gasteiger partial charge on any atom is 0.307 e. The van der Waals surface area contributed by atoms with E-state index in [9.17, 15) is 14.4 Å². The van der Waals surface area contributed by atoms with Gasteiger partial charge in [0.2, 0.25) is 11.8 Å². The second kappa shape index (κ2) is 8.28. The Morgan fingerprint density at radius 2 is 2.09 bits per heavy atom. The molecule has 1 atom stereocenters. The second-order valence-electron chi connectivity index (χ2n) is 5.32. The van der Waals surface area contributed by atoms with Gasteiger partial charge in [0.05, 0.1) is 20.1 Å². The molecule has 7 nitrogen and oxygen atoms in total. The van der Waals surface area contributed by atoms with E-state index >= 15 is 0 Å². The predicted octanol–water partition coefficient (Wildman–Crippen LogP) is -0.334. The molecule has 0 saturated carbocycles. The van der Waals surface area contributed by atoms with Crippen LogP contribution in [0.5, 0.6) is 0 Å². The maximum absolute atomic E-state index is 12.1. The molecule has 7 heteroatoms. The van der Waals surface area contributed by atoms with E-state index < -0.39 is 12.0 Å². The fraction of sp³-hybridized carbons (Fsp3) is 0.438. The summed E-state index contributed by atoms with van der Waals surface area (Å²) in [5.41, 5.74) is 1.00. The molecule has 1 aromatic carbocycles. The monoisotopic (exact) mass is 319 g/mol. The van der Waals surface area contributed by atoms with E-state index in [1.807, 2.05) is 30.3 Å². The Morgan fingerprint density at radius 1 is 1.35 bits per heavy atom. The van der Waals surface area contributed by atoms with Crippen molar-refractivity contribution in [3.05, 3.63) is 35.9 Å². The maximum atomic E-state index is 12.1. The van der Waals surface area contributed by atoms with Gasteiger partial charge in [0, 0.05) is 19.6 Å². The van der Waals surface area contributed by atoms with Crippen molar-refractivity contribution in [2.45, 2.75) is 19.0 Å². The average Bonchev–Trinajstić information content (AvgIpc) is 2.57. The van der Waals surface area contributed by atoms with Gasteiger partial charge in [0.25, 0.3) is 0 Å². The number of carbonyl (C=O) groups is 3. The Bertz CT molecular complexity index is 562. The van der Waals surface area contributed by atoms with Crippen LogP contribution >= 0.6 is 0 Å². The van der Waals surface area contributed by atoms with Gasteiger partial charge >= 0.3 is 5.97 Å². The Labute approximate surface area is 135 Å². The first-order valence-electron chi connectivity index (χ1n) is 7.49. The summed E-state index contributed by atoms with van der Waals surface area (Å²) in [6, 6.07) is 8.91. The number of esters is 1. The van der Waals surface area contributed by atoms with Crippen LogP contribution in [0.2, 0.25) is 0 Å². The van der Waals surface area contributed by atoms with Crippen molar-refractivity contribution in [3.8, 4) is 0 Å². The number of methoxy groups -OCH3 is 1. The number of carbonyl (C=O) groups excluding carboxylic acids is 3. The zero-order valence-corrected chi connectivity index (χ0v) is 13.1. The van der Waals surface area contributed by atoms with Crippen LogP contribution in [0, 0.1) is 0 Å². The van der Waals surface area contributed by atoms with Crippen LogP contribution in [0.1, 0.15) is 12.0 Å². The van der Waals surface area contributed by atoms with Gasteiger partial charge < -0.3 is 15.4 Å². The van der Waals surface area contributed by atoms with Gasteiger partial charge in [-0.05, 0) is 5.56 Å². The molecule has 1 heterocycles. The molecular weight excluding hydrogens is 298 g/mol. The van der Waals surface area contributed by atoms with Crippen LogP contribution in [0.25, 0.3) is 0 Å². The SMILES string of the molecule is COC(=O)C[C@H]1C(=O)NCCN1CC(=O)NCc1ccccc1. The van der Waals surface area contributed by atoms with Crippen LogP contribution in [-0.2, 0) is 25.7 Å². The first kappa shape index (κ1) is 17.0. The molecule has 2 rings (SSSR count). The van der Waals surface area contributed by atoms with E-state index in [2.05, 4.69) is 15.4 Å². The summed E-state index contributed by atoms with van der Waals surface area (Å²) >= 11 is 0. The normalized spacial score (nSPS) is 18.1. The molecule has 124 valence electrons. The topological polar surface area (TPSA) is 87.7 Å². The first-order valence-corrected chi connectivity index (χ1v) is 7.49. The van der Waals surface area contributed by atoms with Crippen molar-refractivity contribution in [1.82, 2.24) is 15.5 Å². The van der Waals surface area contributed by atoms with E-state index in [0.29, 0.717) is 19.6 Å². The van der Waals surface area contributed by atoms with Gasteiger partial charge in [-0.1, -0.05) is 30.3 Å². The highest BCUT2D eigenvalue weighted by Gasteiger charge is 2.32. The summed E-state index contributed by atoms with van der Waals surface area (Å²) < 4.78 is 4.61. The lowest BCUT2D eigenvalue weighted by Gasteiger charge is -2.33. The molecule has 2 N–H and O–H groups in total. The summed E-state index contributed by atoms with van der Waals surface area (Å²) in [6.07, 6.45) is -0.0612. The number of nitrogens with one attached hydrogen (secondary N) is 2. The Kier molecular flexibility index (Phi) is 6.10. The zero-order chi connectivity index (χ0) is 16.7. The van der Waals surface area contributed by atoms with Crippen molar-refractivity contribution in [1.29, 1.82) is 0 Å². The van der Waals surface area contributed by atoms with E-state index in [-0.39, 0.29) is 24.8 Å². The van der Waals surface area contributed by atoms with Crippen molar-refractivity contribution in [3.63, 3.8) is 0 Å². The molecular formula is C16H21N3O4. The smallest absolute Gasteiger partial charge is 0.307 e. The van der Waals surface area contributed by atoms with E-state index in [1.54, 1.807) is 4.90 Å². The Hall–Kier alpha value is -2.41. The molecule has 1 saturated heterocycles. The summed E-state index contributed by atoms with van der Waals surface area (Å²) in [6.45, 7) is 1.48. The third kappa shape index (κ3) is 5.07. The third-order valence-corrected chi connectivity index (χ3v) is 3.71. The summed E-state index contributed by atoms with van der Waals surface area (Å²) in [5.74, 6) is -0.905. The van der Waals surface area contributed by atoms with Crippen LogP contribution in [0.15, 0.2) is 30.3 Å². The quantitative estimate of drug-likeness (QED) is 0.701. The lowest BCUT2D eigenvalue weighted by atomic mass is 10.1. The van der Waals surface area contributed by atoms with E-state index in [0.717, 1.165) is 5.56 Å². The molecule has 2 amide bonds. The minimum atomic E-state index is -0.668. The Morgan fingerprint density at radius 3 is 2.78 bits per heavy atom. The van der Waals surface area contributed by atoms with Crippen molar-refractivity contribution < 1.29 is 19.1 Å². The average molecular weight is 319 g/mol. The predicted molar refractivity (Wildman–Crippen MR) is 83.3 cm³/mol. The fourth-order valence-electron chi connectivity index (χ4n) is 2.45. The zero-order valence-electron chi connectivity index (χ0n) is 13.1. The molecule has 0 spiro atoms. The molecule has 1 aliphatic rings. The molecule has 0 radical (unpaired) electrons. The van der Waals surface area contributed by atoms with Gasteiger partial charge in [0.1, 0.15) is 6.04 Å². The number of rotatable bonds is 6. The van der Waals surface area contributed by atoms with Gasteiger partial charge in [0.15, 0.2) is 0 Å². The molecule has 0 aromatic heterocycles. The summed E-state index contributed by atoms with van der Waals surface area (Å²) in [5, 5.41) is 5.52. The van der Waals surface area contributed by atoms with Crippen molar-refractivity contribution in [2.75, 3.05) is 26.7 Å². The third-order valence-electron chi connectivity index (χ3n) is 3.71. The number of ether oxygens (including phenoxy) is 1. The van der Waals surface area contributed by atoms with E-state index in [4.69, 9.17) is 0 Å². The minimum absolute atomic E-state index is 0.0612. The van der Waals surface area contributed by atoms with Crippen LogP contribution in [-0.4, -0.2) is 55.5 Å². The number of hydrogen-bond acceptors (Lipinski definition) is 5. The van der Waals surface area contributed by atoms with Crippen LogP contribution in [0.3, 0.4) is 0 Å². The molecule has 0 unspecified atom stereocenters. The molecule has 0 aliphatic carbocycles. The van der Waals surface area contributed by atoms with Gasteiger partial charge in [-0.25, -0.2) is 0 Å². The van der Waals surface area contributed by atoms with Crippen LogP contribution in [0.4, 0.5) is 0 Å². The molecule has 1 aliphatic heterocycles. The highest BCUT2D eigenvalue weighted by molar-refractivity contribution is 5.88.